The summed E-state index contributed by atoms with van der Waals surface area (Å²) in [5.41, 5.74) is 0.356. The summed E-state index contributed by atoms with van der Waals surface area (Å²) in [6.07, 6.45) is 2.82. The standard InChI is InChI=1S/C8H16N/c1-4-9-8(2,3)7-5-6-7/h4,7,9H,5-6H2,1-3H3. The zero-order valence-electron chi connectivity index (χ0n) is 6.57. The van der Waals surface area contributed by atoms with E-state index in [0.717, 1.165) is 5.92 Å². The molecule has 0 aromatic heterocycles. The molecule has 1 N–H and O–H groups in total. The van der Waals surface area contributed by atoms with Crippen molar-refractivity contribution in [2.75, 3.05) is 0 Å². The second-order valence-electron chi connectivity index (χ2n) is 3.43. The molecule has 53 valence electrons. The minimum absolute atomic E-state index is 0.356. The summed E-state index contributed by atoms with van der Waals surface area (Å²) in [6.45, 7) is 8.62. The molecule has 0 amide bonds. The van der Waals surface area contributed by atoms with Gasteiger partial charge < -0.3 is 5.32 Å². The van der Waals surface area contributed by atoms with Crippen LogP contribution in [-0.2, 0) is 0 Å². The average Bonchev–Trinajstić information content (AvgIpc) is 2.41. The summed E-state index contributed by atoms with van der Waals surface area (Å²) in [5.74, 6) is 0.925. The Morgan fingerprint density at radius 3 is 2.33 bits per heavy atom. The highest BCUT2D eigenvalue weighted by molar-refractivity contribution is 4.95. The first-order valence-electron chi connectivity index (χ1n) is 3.72. The van der Waals surface area contributed by atoms with Crippen molar-refractivity contribution < 1.29 is 0 Å². The smallest absolute Gasteiger partial charge is 0.0195 e. The predicted molar refractivity (Wildman–Crippen MR) is 39.9 cm³/mol. The molecule has 1 radical (unpaired) electrons. The number of nitrogens with one attached hydrogen (secondary N) is 1. The van der Waals surface area contributed by atoms with E-state index in [4.69, 9.17) is 0 Å². The van der Waals surface area contributed by atoms with Crippen molar-refractivity contribution in [1.82, 2.24) is 5.32 Å². The van der Waals surface area contributed by atoms with Crippen molar-refractivity contribution in [3.63, 3.8) is 0 Å². The van der Waals surface area contributed by atoms with Crippen LogP contribution in [0.3, 0.4) is 0 Å². The van der Waals surface area contributed by atoms with Crippen LogP contribution >= 0.6 is 0 Å². The van der Waals surface area contributed by atoms with Crippen LogP contribution in [0, 0.1) is 12.5 Å². The Kier molecular flexibility index (Phi) is 1.80. The lowest BCUT2D eigenvalue weighted by Gasteiger charge is -2.24. The van der Waals surface area contributed by atoms with Gasteiger partial charge in [0.25, 0.3) is 0 Å². The highest BCUT2D eigenvalue weighted by Gasteiger charge is 2.36. The van der Waals surface area contributed by atoms with E-state index in [1.807, 2.05) is 13.5 Å². The molecule has 0 aliphatic heterocycles. The third-order valence-electron chi connectivity index (χ3n) is 2.11. The summed E-state index contributed by atoms with van der Waals surface area (Å²) in [7, 11) is 0. The second kappa shape index (κ2) is 2.30. The lowest BCUT2D eigenvalue weighted by molar-refractivity contribution is 0.372. The number of hydrogen-bond acceptors (Lipinski definition) is 1. The molecule has 1 fully saturated rings. The van der Waals surface area contributed by atoms with Gasteiger partial charge in [0.1, 0.15) is 0 Å². The lowest BCUT2D eigenvalue weighted by Crippen LogP contribution is -2.38. The van der Waals surface area contributed by atoms with E-state index in [0.29, 0.717) is 5.54 Å². The third kappa shape index (κ3) is 1.68. The van der Waals surface area contributed by atoms with Crippen LogP contribution in [0.25, 0.3) is 0 Å². The Balaban J connectivity index is 2.30. The highest BCUT2D eigenvalue weighted by Crippen LogP contribution is 2.39. The molecule has 0 saturated heterocycles. The van der Waals surface area contributed by atoms with E-state index in [1.54, 1.807) is 0 Å². The molecule has 0 heterocycles. The molecule has 0 aromatic carbocycles. The van der Waals surface area contributed by atoms with Crippen LogP contribution < -0.4 is 5.32 Å². The minimum atomic E-state index is 0.356. The van der Waals surface area contributed by atoms with Crippen molar-refractivity contribution in [3.05, 3.63) is 6.54 Å². The third-order valence-corrected chi connectivity index (χ3v) is 2.11. The van der Waals surface area contributed by atoms with Gasteiger partial charge in [-0.15, -0.1) is 0 Å². The fourth-order valence-electron chi connectivity index (χ4n) is 1.29. The maximum atomic E-state index is 3.36. The van der Waals surface area contributed by atoms with Gasteiger partial charge in [-0.1, -0.05) is 0 Å². The molecule has 1 aliphatic rings. The Morgan fingerprint density at radius 2 is 2.00 bits per heavy atom. The quantitative estimate of drug-likeness (QED) is 0.609. The van der Waals surface area contributed by atoms with E-state index < -0.39 is 0 Å². The summed E-state index contributed by atoms with van der Waals surface area (Å²) >= 11 is 0. The van der Waals surface area contributed by atoms with Crippen molar-refractivity contribution in [2.45, 2.75) is 39.2 Å². The van der Waals surface area contributed by atoms with Crippen LogP contribution in [0.15, 0.2) is 0 Å². The van der Waals surface area contributed by atoms with E-state index in [1.165, 1.54) is 12.8 Å². The largest absolute Gasteiger partial charge is 0.308 e. The van der Waals surface area contributed by atoms with Gasteiger partial charge in [-0.3, -0.25) is 0 Å². The Hall–Kier alpha value is -0.0400. The van der Waals surface area contributed by atoms with Crippen molar-refractivity contribution >= 4 is 0 Å². The normalized spacial score (nSPS) is 20.3. The molecule has 0 atom stereocenters. The molecule has 1 nitrogen and oxygen atoms in total. The first kappa shape index (κ1) is 7.07. The topological polar surface area (TPSA) is 12.0 Å². The van der Waals surface area contributed by atoms with E-state index >= 15 is 0 Å². The van der Waals surface area contributed by atoms with Gasteiger partial charge in [0, 0.05) is 12.1 Å². The van der Waals surface area contributed by atoms with Crippen LogP contribution in [0.4, 0.5) is 0 Å². The lowest BCUT2D eigenvalue weighted by atomic mass is 9.99. The second-order valence-corrected chi connectivity index (χ2v) is 3.43. The zero-order valence-corrected chi connectivity index (χ0v) is 6.57. The van der Waals surface area contributed by atoms with E-state index in [2.05, 4.69) is 19.2 Å². The van der Waals surface area contributed by atoms with Crippen molar-refractivity contribution in [2.24, 2.45) is 5.92 Å². The number of rotatable bonds is 3. The molecule has 0 aromatic rings. The fraction of sp³-hybridized carbons (Fsp3) is 0.875. The Bertz CT molecular complexity index is 92.7. The van der Waals surface area contributed by atoms with Crippen molar-refractivity contribution in [3.8, 4) is 0 Å². The van der Waals surface area contributed by atoms with Gasteiger partial charge in [0.15, 0.2) is 0 Å². The summed E-state index contributed by atoms with van der Waals surface area (Å²) in [6, 6.07) is 0. The van der Waals surface area contributed by atoms with Crippen LogP contribution in [0.1, 0.15) is 33.6 Å². The van der Waals surface area contributed by atoms with Crippen LogP contribution in [0.5, 0.6) is 0 Å². The first-order chi connectivity index (χ1) is 4.17. The van der Waals surface area contributed by atoms with Gasteiger partial charge in [-0.05, 0) is 39.5 Å². The molecule has 1 rings (SSSR count). The molecule has 0 spiro atoms. The molecule has 9 heavy (non-hydrogen) atoms. The Morgan fingerprint density at radius 1 is 1.44 bits per heavy atom. The van der Waals surface area contributed by atoms with Crippen molar-refractivity contribution in [1.29, 1.82) is 0 Å². The summed E-state index contributed by atoms with van der Waals surface area (Å²) < 4.78 is 0. The van der Waals surface area contributed by atoms with Crippen LogP contribution in [0.2, 0.25) is 0 Å². The monoisotopic (exact) mass is 126 g/mol. The van der Waals surface area contributed by atoms with Gasteiger partial charge in [-0.25, -0.2) is 0 Å². The first-order valence-corrected chi connectivity index (χ1v) is 3.72. The summed E-state index contributed by atoms with van der Waals surface area (Å²) in [4.78, 5) is 0. The van der Waals surface area contributed by atoms with Gasteiger partial charge >= 0.3 is 0 Å². The minimum Gasteiger partial charge on any atom is -0.308 e. The van der Waals surface area contributed by atoms with E-state index in [9.17, 15) is 0 Å². The van der Waals surface area contributed by atoms with Gasteiger partial charge in [0.05, 0.1) is 0 Å². The maximum absolute atomic E-state index is 3.36. The molecular formula is C8H16N. The molecule has 1 saturated carbocycles. The van der Waals surface area contributed by atoms with Gasteiger partial charge in [-0.2, -0.15) is 0 Å². The zero-order chi connectivity index (χ0) is 6.91. The van der Waals surface area contributed by atoms with Gasteiger partial charge in [0.2, 0.25) is 0 Å². The molecule has 1 heteroatoms. The fourth-order valence-corrected chi connectivity index (χ4v) is 1.29. The SMILES string of the molecule is C[CH]NC(C)(C)C1CC1. The maximum Gasteiger partial charge on any atom is 0.0195 e. The molecular weight excluding hydrogens is 110 g/mol. The summed E-state index contributed by atoms with van der Waals surface area (Å²) in [5, 5.41) is 3.36. The molecule has 0 bridgehead atoms. The molecule has 1 aliphatic carbocycles. The molecule has 0 unspecified atom stereocenters. The Labute approximate surface area is 57.8 Å². The van der Waals surface area contributed by atoms with Crippen LogP contribution in [-0.4, -0.2) is 5.54 Å². The van der Waals surface area contributed by atoms with E-state index in [-0.39, 0.29) is 0 Å². The number of hydrogen-bond donors (Lipinski definition) is 1. The predicted octanol–water partition coefficient (Wildman–Crippen LogP) is 1.95. The highest BCUT2D eigenvalue weighted by atomic mass is 15.0. The average molecular weight is 126 g/mol.